The summed E-state index contributed by atoms with van der Waals surface area (Å²) in [7, 11) is 0. The van der Waals surface area contributed by atoms with Crippen molar-refractivity contribution in [2.75, 3.05) is 0 Å². The number of carboxylic acids is 1. The lowest BCUT2D eigenvalue weighted by atomic mass is 10.0. The number of amides is 1. The molecule has 2 rings (SSSR count). The Balaban J connectivity index is 1.98. The van der Waals surface area contributed by atoms with E-state index in [9.17, 15) is 9.59 Å². The molecule has 1 aromatic heterocycles. The van der Waals surface area contributed by atoms with Gasteiger partial charge >= 0.3 is 5.97 Å². The molecule has 1 fully saturated rings. The second-order valence-corrected chi connectivity index (χ2v) is 5.38. The molecule has 0 bridgehead atoms. The number of nitrogens with zero attached hydrogens (tertiary/aromatic N) is 1. The van der Waals surface area contributed by atoms with Gasteiger partial charge in [-0.1, -0.05) is 19.0 Å². The summed E-state index contributed by atoms with van der Waals surface area (Å²) in [6.07, 6.45) is 2.50. The summed E-state index contributed by atoms with van der Waals surface area (Å²) in [5.41, 5.74) is 0.150. The van der Waals surface area contributed by atoms with Crippen molar-refractivity contribution in [2.24, 2.45) is 5.92 Å². The van der Waals surface area contributed by atoms with Crippen LogP contribution in [0.1, 0.15) is 55.3 Å². The van der Waals surface area contributed by atoms with Gasteiger partial charge in [0, 0.05) is 12.0 Å². The summed E-state index contributed by atoms with van der Waals surface area (Å²) in [6, 6.07) is 0.704. The molecule has 0 aliphatic heterocycles. The smallest absolute Gasteiger partial charge is 0.326 e. The van der Waals surface area contributed by atoms with E-state index in [4.69, 9.17) is 9.63 Å². The number of carbonyl (C=O) groups is 2. The Labute approximate surface area is 111 Å². The Kier molecular flexibility index (Phi) is 3.87. The van der Waals surface area contributed by atoms with Gasteiger partial charge in [0.25, 0.3) is 5.91 Å². The summed E-state index contributed by atoms with van der Waals surface area (Å²) < 4.78 is 5.07. The fourth-order valence-corrected chi connectivity index (χ4v) is 1.88. The fraction of sp³-hybridized carbons (Fsp3) is 0.615. The van der Waals surface area contributed by atoms with Gasteiger partial charge in [0.15, 0.2) is 5.69 Å². The second kappa shape index (κ2) is 5.42. The number of hydrogen-bond acceptors (Lipinski definition) is 4. The monoisotopic (exact) mass is 266 g/mol. The summed E-state index contributed by atoms with van der Waals surface area (Å²) >= 11 is 0. The third-order valence-corrected chi connectivity index (χ3v) is 3.05. The van der Waals surface area contributed by atoms with Gasteiger partial charge < -0.3 is 14.9 Å². The molecule has 1 saturated carbocycles. The standard InChI is InChI=1S/C13H18N2O4/c1-7(2)5-10(13(17)18)14-12(16)9-6-11(19-15-9)8-3-4-8/h6-8,10H,3-5H2,1-2H3,(H,14,16)(H,17,18). The normalized spacial score (nSPS) is 16.4. The van der Waals surface area contributed by atoms with Gasteiger partial charge in [0.05, 0.1) is 0 Å². The summed E-state index contributed by atoms with van der Waals surface area (Å²) in [5.74, 6) is -0.265. The molecule has 1 heterocycles. The molecular formula is C13H18N2O4. The van der Waals surface area contributed by atoms with Crippen LogP contribution in [0.5, 0.6) is 0 Å². The van der Waals surface area contributed by atoms with Crippen LogP contribution in [0.15, 0.2) is 10.6 Å². The third kappa shape index (κ3) is 3.56. The van der Waals surface area contributed by atoms with E-state index in [1.807, 2.05) is 13.8 Å². The Hall–Kier alpha value is -1.85. The van der Waals surface area contributed by atoms with Crippen LogP contribution in [0.3, 0.4) is 0 Å². The maximum atomic E-state index is 11.9. The van der Waals surface area contributed by atoms with E-state index in [0.717, 1.165) is 12.8 Å². The number of carboxylic acid groups (broad SMARTS) is 1. The zero-order valence-electron chi connectivity index (χ0n) is 11.0. The molecule has 6 heteroatoms. The molecule has 0 radical (unpaired) electrons. The number of nitrogens with one attached hydrogen (secondary N) is 1. The van der Waals surface area contributed by atoms with Crippen LogP contribution in [0.25, 0.3) is 0 Å². The lowest BCUT2D eigenvalue weighted by molar-refractivity contribution is -0.139. The minimum Gasteiger partial charge on any atom is -0.480 e. The number of aliphatic carboxylic acids is 1. The van der Waals surface area contributed by atoms with E-state index in [2.05, 4.69) is 10.5 Å². The molecule has 104 valence electrons. The quantitative estimate of drug-likeness (QED) is 0.818. The topological polar surface area (TPSA) is 92.4 Å². The molecule has 1 aromatic rings. The number of aromatic nitrogens is 1. The van der Waals surface area contributed by atoms with Crippen LogP contribution in [-0.4, -0.2) is 28.2 Å². The molecule has 1 aliphatic carbocycles. The molecule has 0 aromatic carbocycles. The molecule has 1 atom stereocenters. The zero-order valence-corrected chi connectivity index (χ0v) is 11.0. The van der Waals surface area contributed by atoms with Crippen LogP contribution in [0.2, 0.25) is 0 Å². The summed E-state index contributed by atoms with van der Waals surface area (Å²) in [5, 5.41) is 15.2. The molecule has 2 N–H and O–H groups in total. The number of carbonyl (C=O) groups excluding carboxylic acids is 1. The van der Waals surface area contributed by atoms with Crippen LogP contribution in [-0.2, 0) is 4.79 Å². The summed E-state index contributed by atoms with van der Waals surface area (Å²) in [4.78, 5) is 23.0. The van der Waals surface area contributed by atoms with Crippen LogP contribution >= 0.6 is 0 Å². The predicted octanol–water partition coefficient (Wildman–Crippen LogP) is 1.78. The highest BCUT2D eigenvalue weighted by Crippen LogP contribution is 2.40. The highest BCUT2D eigenvalue weighted by molar-refractivity contribution is 5.94. The Morgan fingerprint density at radius 2 is 2.21 bits per heavy atom. The van der Waals surface area contributed by atoms with Crippen molar-refractivity contribution < 1.29 is 19.2 Å². The molecule has 0 spiro atoms. The Morgan fingerprint density at radius 1 is 1.53 bits per heavy atom. The Morgan fingerprint density at radius 3 is 2.74 bits per heavy atom. The first-order valence-electron chi connectivity index (χ1n) is 6.47. The maximum Gasteiger partial charge on any atom is 0.326 e. The van der Waals surface area contributed by atoms with Crippen LogP contribution < -0.4 is 5.32 Å². The van der Waals surface area contributed by atoms with Gasteiger partial charge in [-0.2, -0.15) is 0 Å². The largest absolute Gasteiger partial charge is 0.480 e. The first kappa shape index (κ1) is 13.6. The molecule has 19 heavy (non-hydrogen) atoms. The van der Waals surface area contributed by atoms with Crippen molar-refractivity contribution in [2.45, 2.75) is 45.1 Å². The molecule has 1 unspecified atom stereocenters. The van der Waals surface area contributed by atoms with Crippen molar-refractivity contribution in [1.82, 2.24) is 10.5 Å². The van der Waals surface area contributed by atoms with Crippen molar-refractivity contribution in [3.05, 3.63) is 17.5 Å². The van der Waals surface area contributed by atoms with E-state index >= 15 is 0 Å². The van der Waals surface area contributed by atoms with E-state index < -0.39 is 17.9 Å². The van der Waals surface area contributed by atoms with Crippen molar-refractivity contribution in [3.63, 3.8) is 0 Å². The van der Waals surface area contributed by atoms with Gasteiger partial charge in [0.1, 0.15) is 11.8 Å². The maximum absolute atomic E-state index is 11.9. The highest BCUT2D eigenvalue weighted by atomic mass is 16.5. The molecule has 0 saturated heterocycles. The minimum atomic E-state index is -1.03. The molecular weight excluding hydrogens is 248 g/mol. The third-order valence-electron chi connectivity index (χ3n) is 3.05. The van der Waals surface area contributed by atoms with Crippen molar-refractivity contribution in [3.8, 4) is 0 Å². The summed E-state index contributed by atoms with van der Waals surface area (Å²) in [6.45, 7) is 3.81. The van der Waals surface area contributed by atoms with Gasteiger partial charge in [-0.3, -0.25) is 4.79 Å². The zero-order chi connectivity index (χ0) is 14.0. The molecule has 1 aliphatic rings. The van der Waals surface area contributed by atoms with E-state index in [1.54, 1.807) is 6.07 Å². The lowest BCUT2D eigenvalue weighted by Crippen LogP contribution is -2.41. The average Bonchev–Trinajstić information content (AvgIpc) is 3.05. The predicted molar refractivity (Wildman–Crippen MR) is 66.8 cm³/mol. The van der Waals surface area contributed by atoms with Crippen LogP contribution in [0.4, 0.5) is 0 Å². The van der Waals surface area contributed by atoms with Gasteiger partial charge in [-0.25, -0.2) is 4.79 Å². The fourth-order valence-electron chi connectivity index (χ4n) is 1.88. The SMILES string of the molecule is CC(C)CC(NC(=O)c1cc(C2CC2)on1)C(=O)O. The van der Waals surface area contributed by atoms with Gasteiger partial charge in [-0.15, -0.1) is 0 Å². The minimum absolute atomic E-state index is 0.150. The van der Waals surface area contributed by atoms with Crippen LogP contribution in [0, 0.1) is 5.92 Å². The van der Waals surface area contributed by atoms with Gasteiger partial charge in [0.2, 0.25) is 0 Å². The Bertz CT molecular complexity index is 477. The van der Waals surface area contributed by atoms with E-state index in [-0.39, 0.29) is 11.6 Å². The van der Waals surface area contributed by atoms with Crippen molar-refractivity contribution in [1.29, 1.82) is 0 Å². The van der Waals surface area contributed by atoms with Crippen molar-refractivity contribution >= 4 is 11.9 Å². The van der Waals surface area contributed by atoms with E-state index in [1.165, 1.54) is 0 Å². The number of hydrogen-bond donors (Lipinski definition) is 2. The average molecular weight is 266 g/mol. The molecule has 6 nitrogen and oxygen atoms in total. The molecule has 1 amide bonds. The van der Waals surface area contributed by atoms with Gasteiger partial charge in [-0.05, 0) is 25.2 Å². The first-order valence-corrected chi connectivity index (χ1v) is 6.47. The first-order chi connectivity index (χ1) is 8.97. The van der Waals surface area contributed by atoms with E-state index in [0.29, 0.717) is 18.1 Å². The highest BCUT2D eigenvalue weighted by Gasteiger charge is 2.29. The number of rotatable bonds is 6. The second-order valence-electron chi connectivity index (χ2n) is 5.38. The lowest BCUT2D eigenvalue weighted by Gasteiger charge is -2.15.